The third kappa shape index (κ3) is 4.83. The van der Waals surface area contributed by atoms with Crippen molar-refractivity contribution in [2.75, 3.05) is 26.2 Å². The average molecular weight is 414 g/mol. The molecule has 1 aliphatic carbocycles. The Morgan fingerprint density at radius 1 is 1.13 bits per heavy atom. The fourth-order valence-electron chi connectivity index (χ4n) is 5.49. The molecule has 1 aromatic heterocycles. The van der Waals surface area contributed by atoms with E-state index in [0.717, 1.165) is 71.2 Å². The molecule has 2 saturated heterocycles. The maximum absolute atomic E-state index is 13.0. The lowest BCUT2D eigenvalue weighted by molar-refractivity contribution is -0.135. The quantitative estimate of drug-likeness (QED) is 0.740. The zero-order valence-electron chi connectivity index (χ0n) is 17.9. The van der Waals surface area contributed by atoms with Crippen molar-refractivity contribution in [3.8, 4) is 0 Å². The van der Waals surface area contributed by atoms with E-state index in [1.54, 1.807) is 0 Å². The molecule has 1 atom stereocenters. The van der Waals surface area contributed by atoms with Gasteiger partial charge in [0, 0.05) is 31.5 Å². The van der Waals surface area contributed by atoms with Crippen LogP contribution in [0, 0.1) is 5.92 Å². The number of carbonyl (C=O) groups is 2. The zero-order chi connectivity index (χ0) is 21.0. The highest BCUT2D eigenvalue weighted by Gasteiger charge is 2.42. The van der Waals surface area contributed by atoms with E-state index in [-0.39, 0.29) is 17.7 Å². The molecule has 0 aromatic carbocycles. The fourth-order valence-corrected chi connectivity index (χ4v) is 5.49. The van der Waals surface area contributed by atoms with E-state index >= 15 is 0 Å². The summed E-state index contributed by atoms with van der Waals surface area (Å²) in [6.07, 6.45) is 11.3. The number of hydrogen-bond donors (Lipinski definition) is 2. The van der Waals surface area contributed by atoms with Gasteiger partial charge in [-0.1, -0.05) is 18.9 Å². The molecule has 7 nitrogen and oxygen atoms in total. The van der Waals surface area contributed by atoms with Crippen LogP contribution < -0.4 is 11.1 Å². The largest absolute Gasteiger partial charge is 0.368 e. The van der Waals surface area contributed by atoms with Gasteiger partial charge in [-0.15, -0.1) is 0 Å². The minimum Gasteiger partial charge on any atom is -0.368 e. The number of nitrogens with one attached hydrogen (secondary N) is 1. The van der Waals surface area contributed by atoms with Crippen molar-refractivity contribution in [1.29, 1.82) is 0 Å². The molecule has 3 N–H and O–H groups in total. The maximum Gasteiger partial charge on any atom is 0.243 e. The van der Waals surface area contributed by atoms with Gasteiger partial charge in [0.25, 0.3) is 0 Å². The first kappa shape index (κ1) is 21.2. The smallest absolute Gasteiger partial charge is 0.243 e. The van der Waals surface area contributed by atoms with Gasteiger partial charge in [0.2, 0.25) is 11.8 Å². The third-order valence-electron chi connectivity index (χ3n) is 7.32. The number of aromatic nitrogens is 1. The summed E-state index contributed by atoms with van der Waals surface area (Å²) in [6, 6.07) is 4.67. The van der Waals surface area contributed by atoms with E-state index < -0.39 is 5.54 Å². The molecule has 1 saturated carbocycles. The Hall–Kier alpha value is -1.99. The van der Waals surface area contributed by atoms with Gasteiger partial charge in [0.1, 0.15) is 5.54 Å². The molecule has 2 aliphatic heterocycles. The highest BCUT2D eigenvalue weighted by atomic mass is 16.2. The van der Waals surface area contributed by atoms with Crippen molar-refractivity contribution in [1.82, 2.24) is 20.1 Å². The number of nitrogens with two attached hydrogens (primary N) is 1. The molecule has 3 aliphatic rings. The summed E-state index contributed by atoms with van der Waals surface area (Å²) in [4.78, 5) is 34.2. The summed E-state index contributed by atoms with van der Waals surface area (Å²) in [6.45, 7) is 4.99. The number of primary amides is 1. The SMILES string of the molecule is NC(=O)C1(NC(=O)[C@@H]2CCCN(C3CCN(Cc4cccnc4)CC3)C2)CCCC1. The van der Waals surface area contributed by atoms with Crippen LogP contribution >= 0.6 is 0 Å². The van der Waals surface area contributed by atoms with Crippen molar-refractivity contribution in [3.63, 3.8) is 0 Å². The van der Waals surface area contributed by atoms with E-state index in [1.807, 2.05) is 18.5 Å². The number of hydrogen-bond acceptors (Lipinski definition) is 5. The number of nitrogens with zero attached hydrogens (tertiary/aromatic N) is 3. The monoisotopic (exact) mass is 413 g/mol. The van der Waals surface area contributed by atoms with E-state index in [2.05, 4.69) is 26.2 Å². The molecule has 0 radical (unpaired) electrons. The van der Waals surface area contributed by atoms with Gasteiger partial charge >= 0.3 is 0 Å². The zero-order valence-corrected chi connectivity index (χ0v) is 17.9. The van der Waals surface area contributed by atoms with Crippen LogP contribution in [0.5, 0.6) is 0 Å². The predicted molar refractivity (Wildman–Crippen MR) is 115 cm³/mol. The Bertz CT molecular complexity index is 726. The van der Waals surface area contributed by atoms with Gasteiger partial charge in [0.05, 0.1) is 5.92 Å². The Kier molecular flexibility index (Phi) is 6.68. The van der Waals surface area contributed by atoms with Crippen LogP contribution in [0.2, 0.25) is 0 Å². The topological polar surface area (TPSA) is 91.6 Å². The molecule has 0 bridgehead atoms. The number of rotatable bonds is 6. The van der Waals surface area contributed by atoms with Crippen molar-refractivity contribution >= 4 is 11.8 Å². The van der Waals surface area contributed by atoms with Crippen molar-refractivity contribution in [3.05, 3.63) is 30.1 Å². The van der Waals surface area contributed by atoms with Crippen molar-refractivity contribution < 1.29 is 9.59 Å². The maximum atomic E-state index is 13.0. The summed E-state index contributed by atoms with van der Waals surface area (Å²) >= 11 is 0. The minimum atomic E-state index is -0.809. The molecule has 0 unspecified atom stereocenters. The molecule has 3 fully saturated rings. The second-order valence-corrected chi connectivity index (χ2v) is 9.35. The first-order chi connectivity index (χ1) is 14.6. The molecular formula is C23H35N5O2. The third-order valence-corrected chi connectivity index (χ3v) is 7.32. The molecule has 164 valence electrons. The van der Waals surface area contributed by atoms with E-state index in [1.165, 1.54) is 5.56 Å². The number of amides is 2. The van der Waals surface area contributed by atoms with Gasteiger partial charge in [-0.05, 0) is 69.8 Å². The highest BCUT2D eigenvalue weighted by molar-refractivity contribution is 5.91. The van der Waals surface area contributed by atoms with Crippen LogP contribution in [-0.4, -0.2) is 64.4 Å². The van der Waals surface area contributed by atoms with Gasteiger partial charge in [-0.25, -0.2) is 0 Å². The molecule has 4 rings (SSSR count). The molecule has 0 spiro atoms. The van der Waals surface area contributed by atoms with Crippen LogP contribution in [0.15, 0.2) is 24.5 Å². The summed E-state index contributed by atoms with van der Waals surface area (Å²) < 4.78 is 0. The Morgan fingerprint density at radius 3 is 2.57 bits per heavy atom. The minimum absolute atomic E-state index is 0.0226. The van der Waals surface area contributed by atoms with Crippen LogP contribution in [0.1, 0.15) is 56.9 Å². The van der Waals surface area contributed by atoms with Crippen LogP contribution in [-0.2, 0) is 16.1 Å². The number of piperidine rings is 2. The first-order valence-electron chi connectivity index (χ1n) is 11.5. The molecule has 1 aromatic rings. The number of likely N-dealkylation sites (tertiary alicyclic amines) is 2. The lowest BCUT2D eigenvalue weighted by Gasteiger charge is -2.42. The summed E-state index contributed by atoms with van der Waals surface area (Å²) in [5.41, 5.74) is 6.11. The van der Waals surface area contributed by atoms with Gasteiger partial charge in [0.15, 0.2) is 0 Å². The van der Waals surface area contributed by atoms with Crippen LogP contribution in [0.4, 0.5) is 0 Å². The molecular weight excluding hydrogens is 378 g/mol. The van der Waals surface area contributed by atoms with Gasteiger partial charge < -0.3 is 11.1 Å². The van der Waals surface area contributed by atoms with Crippen molar-refractivity contribution in [2.24, 2.45) is 11.7 Å². The Labute approximate surface area is 179 Å². The van der Waals surface area contributed by atoms with E-state index in [9.17, 15) is 9.59 Å². The van der Waals surface area contributed by atoms with Crippen LogP contribution in [0.25, 0.3) is 0 Å². The fraction of sp³-hybridized carbons (Fsp3) is 0.696. The first-order valence-corrected chi connectivity index (χ1v) is 11.5. The lowest BCUT2D eigenvalue weighted by atomic mass is 9.90. The molecule has 3 heterocycles. The Balaban J connectivity index is 1.28. The normalized spacial score (nSPS) is 25.8. The summed E-state index contributed by atoms with van der Waals surface area (Å²) in [5.74, 6) is -0.389. The predicted octanol–water partition coefficient (Wildman–Crippen LogP) is 1.67. The summed E-state index contributed by atoms with van der Waals surface area (Å²) in [7, 11) is 0. The van der Waals surface area contributed by atoms with Crippen LogP contribution in [0.3, 0.4) is 0 Å². The Morgan fingerprint density at radius 2 is 1.90 bits per heavy atom. The number of pyridine rings is 1. The molecule has 7 heteroatoms. The van der Waals surface area contributed by atoms with Crippen molar-refractivity contribution in [2.45, 2.75) is 69.5 Å². The second kappa shape index (κ2) is 9.43. The van der Waals surface area contributed by atoms with E-state index in [0.29, 0.717) is 18.9 Å². The molecule has 30 heavy (non-hydrogen) atoms. The number of carbonyl (C=O) groups excluding carboxylic acids is 2. The standard InChI is InChI=1S/C23H35N5O2/c24-22(30)23(9-1-2-10-23)26-21(29)19-6-4-12-28(17-19)20-7-13-27(14-8-20)16-18-5-3-11-25-15-18/h3,5,11,15,19-20H,1-2,4,6-10,12-14,16-17H2,(H2,24,30)(H,26,29)/t19-/m1/s1. The van der Waals surface area contributed by atoms with E-state index in [4.69, 9.17) is 5.73 Å². The molecule has 2 amide bonds. The lowest BCUT2D eigenvalue weighted by Crippen LogP contribution is -2.58. The highest BCUT2D eigenvalue weighted by Crippen LogP contribution is 2.31. The van der Waals surface area contributed by atoms with Gasteiger partial charge in [-0.3, -0.25) is 24.4 Å². The average Bonchev–Trinajstić information content (AvgIpc) is 3.25. The van der Waals surface area contributed by atoms with Gasteiger partial charge in [-0.2, -0.15) is 0 Å². The summed E-state index contributed by atoms with van der Waals surface area (Å²) in [5, 5.41) is 3.07. The second-order valence-electron chi connectivity index (χ2n) is 9.35.